The van der Waals surface area contributed by atoms with Gasteiger partial charge in [0, 0.05) is 17.5 Å². The molecule has 1 aromatic heterocycles. The van der Waals surface area contributed by atoms with Gasteiger partial charge >= 0.3 is 13.2 Å². The lowest BCUT2D eigenvalue weighted by Gasteiger charge is -2.32. The van der Waals surface area contributed by atoms with E-state index in [0.717, 1.165) is 68.4 Å². The van der Waals surface area contributed by atoms with Crippen LogP contribution in [-0.4, -0.2) is 51.4 Å². The number of rotatable bonds is 3. The number of imidazole rings is 1. The Hall–Kier alpha value is -3.56. The van der Waals surface area contributed by atoms with Crippen LogP contribution in [0, 0.1) is 5.92 Å². The number of carbonyl (C=O) groups excluding carboxylic acids is 1. The summed E-state index contributed by atoms with van der Waals surface area (Å²) in [6, 6.07) is 14.8. The number of nitrogens with zero attached hydrogens (tertiary/aromatic N) is 2. The Morgan fingerprint density at radius 3 is 2.52 bits per heavy atom. The molecule has 1 unspecified atom stereocenters. The maximum absolute atomic E-state index is 13.2. The fourth-order valence-corrected chi connectivity index (χ4v) is 6.61. The number of nitrogens with one attached hydrogen (secondary N) is 1. The molecule has 2 saturated heterocycles. The van der Waals surface area contributed by atoms with Crippen molar-refractivity contribution in [1.29, 1.82) is 0 Å². The van der Waals surface area contributed by atoms with Crippen molar-refractivity contribution < 1.29 is 23.6 Å². The summed E-state index contributed by atoms with van der Waals surface area (Å²) in [6.45, 7) is 17.3. The summed E-state index contributed by atoms with van der Waals surface area (Å²) < 4.78 is 24.7. The van der Waals surface area contributed by atoms with Gasteiger partial charge in [-0.25, -0.2) is 9.78 Å². The van der Waals surface area contributed by atoms with Gasteiger partial charge in [0.25, 0.3) is 0 Å². The van der Waals surface area contributed by atoms with Crippen LogP contribution >= 0.6 is 0 Å². The Morgan fingerprint density at radius 2 is 1.82 bits per heavy atom. The third-order valence-electron chi connectivity index (χ3n) is 9.82. The molecule has 0 radical (unpaired) electrons. The van der Waals surface area contributed by atoms with Crippen LogP contribution in [0.4, 0.5) is 4.79 Å². The SMILES string of the molecule is CCC1C[C@@H](c2nc3c(ccc4cc5c(cc43)OCc3cc(B4OC(C)(C)C(C)(C)O4)ccc3-5)[nH]2)N(C(=O)OC(C)(C)C)C1. The van der Waals surface area contributed by atoms with E-state index in [-0.39, 0.29) is 12.1 Å². The zero-order chi connectivity index (χ0) is 31.2. The number of hydrogen-bond donors (Lipinski definition) is 1. The molecular weight excluding hydrogens is 553 g/mol. The number of amides is 1. The van der Waals surface area contributed by atoms with Crippen LogP contribution < -0.4 is 10.2 Å². The van der Waals surface area contributed by atoms with E-state index >= 15 is 0 Å². The van der Waals surface area contributed by atoms with E-state index in [1.165, 1.54) is 0 Å². The van der Waals surface area contributed by atoms with Gasteiger partial charge in [-0.15, -0.1) is 0 Å². The molecule has 230 valence electrons. The van der Waals surface area contributed by atoms with Gasteiger partial charge in [-0.1, -0.05) is 37.6 Å². The highest BCUT2D eigenvalue weighted by molar-refractivity contribution is 6.62. The summed E-state index contributed by atoms with van der Waals surface area (Å²) in [7, 11) is -0.413. The minimum Gasteiger partial charge on any atom is -0.488 e. The first-order valence-corrected chi connectivity index (χ1v) is 15.8. The smallest absolute Gasteiger partial charge is 0.488 e. The largest absolute Gasteiger partial charge is 0.494 e. The van der Waals surface area contributed by atoms with E-state index in [1.807, 2.05) is 25.7 Å². The van der Waals surface area contributed by atoms with Crippen LogP contribution in [-0.2, 0) is 20.7 Å². The molecule has 3 aliphatic heterocycles. The molecule has 4 aromatic rings. The quantitative estimate of drug-likeness (QED) is 0.251. The first-order chi connectivity index (χ1) is 20.7. The summed E-state index contributed by atoms with van der Waals surface area (Å²) in [5, 5.41) is 2.11. The van der Waals surface area contributed by atoms with E-state index in [2.05, 4.69) is 82.1 Å². The summed E-state index contributed by atoms with van der Waals surface area (Å²) in [4.78, 5) is 23.7. The summed E-state index contributed by atoms with van der Waals surface area (Å²) >= 11 is 0. The Bertz CT molecular complexity index is 1770. The number of aromatic nitrogens is 2. The van der Waals surface area contributed by atoms with E-state index < -0.39 is 23.9 Å². The van der Waals surface area contributed by atoms with Crippen LogP contribution in [0.1, 0.15) is 85.7 Å². The molecule has 4 heterocycles. The second kappa shape index (κ2) is 9.98. The minimum absolute atomic E-state index is 0.156. The average Bonchev–Trinajstić information content (AvgIpc) is 3.64. The number of benzene rings is 3. The molecule has 0 bridgehead atoms. The Kier molecular flexibility index (Phi) is 6.61. The van der Waals surface area contributed by atoms with Gasteiger partial charge in [0.1, 0.15) is 23.8 Å². The standard InChI is InChI=1S/C35H42BN3O5/c1-9-20-14-28(39(18-20)32(40)42-33(2,3)4)31-37-27-13-10-21-16-26-24-12-11-23(36-43-34(5,6)35(7,8)44-36)15-22(24)19-41-29(26)17-25(21)30(27)38-31/h10-13,15-17,20,28H,9,14,18-19H2,1-8H3,(H,37,38)/t20?,28-/m0/s1. The van der Waals surface area contributed by atoms with Gasteiger partial charge in [-0.3, -0.25) is 4.90 Å². The van der Waals surface area contributed by atoms with Crippen molar-refractivity contribution in [3.8, 4) is 16.9 Å². The number of likely N-dealkylation sites (tertiary alicyclic amines) is 1. The van der Waals surface area contributed by atoms with Gasteiger partial charge in [0.15, 0.2) is 0 Å². The monoisotopic (exact) mass is 595 g/mol. The third-order valence-corrected chi connectivity index (χ3v) is 9.82. The molecule has 1 amide bonds. The van der Waals surface area contributed by atoms with Crippen LogP contribution in [0.15, 0.2) is 42.5 Å². The summed E-state index contributed by atoms with van der Waals surface area (Å²) in [5.74, 6) is 2.05. The predicted molar refractivity (Wildman–Crippen MR) is 173 cm³/mol. The molecule has 3 aromatic carbocycles. The molecule has 9 heteroatoms. The first kappa shape index (κ1) is 29.2. The van der Waals surface area contributed by atoms with E-state index in [9.17, 15) is 4.79 Å². The van der Waals surface area contributed by atoms with Gasteiger partial charge in [-0.05, 0) is 101 Å². The molecule has 44 heavy (non-hydrogen) atoms. The topological polar surface area (TPSA) is 85.9 Å². The van der Waals surface area contributed by atoms with Gasteiger partial charge < -0.3 is 23.8 Å². The lowest BCUT2D eigenvalue weighted by atomic mass is 9.77. The maximum Gasteiger partial charge on any atom is 0.494 e. The highest BCUT2D eigenvalue weighted by Gasteiger charge is 2.51. The Balaban J connectivity index is 1.22. The molecule has 7 rings (SSSR count). The Morgan fingerprint density at radius 1 is 1.07 bits per heavy atom. The van der Waals surface area contributed by atoms with Crippen molar-refractivity contribution in [2.75, 3.05) is 6.54 Å². The summed E-state index contributed by atoms with van der Waals surface area (Å²) in [5.41, 5.74) is 4.82. The van der Waals surface area contributed by atoms with Crippen LogP contribution in [0.5, 0.6) is 5.75 Å². The fourth-order valence-electron chi connectivity index (χ4n) is 6.61. The number of fused-ring (bicyclic) bond motifs is 6. The van der Waals surface area contributed by atoms with E-state index in [4.69, 9.17) is 23.8 Å². The van der Waals surface area contributed by atoms with Gasteiger partial charge in [0.2, 0.25) is 0 Å². The highest BCUT2D eigenvalue weighted by atomic mass is 16.7. The van der Waals surface area contributed by atoms with Crippen LogP contribution in [0.25, 0.3) is 32.9 Å². The van der Waals surface area contributed by atoms with Crippen molar-refractivity contribution in [2.45, 2.75) is 97.7 Å². The molecule has 0 spiro atoms. The molecule has 0 aliphatic carbocycles. The number of H-pyrrole nitrogens is 1. The third kappa shape index (κ3) is 4.85. The minimum atomic E-state index is -0.554. The number of carbonyl (C=O) groups is 1. The zero-order valence-corrected chi connectivity index (χ0v) is 27.0. The van der Waals surface area contributed by atoms with Gasteiger partial charge in [-0.2, -0.15) is 0 Å². The molecule has 0 saturated carbocycles. The predicted octanol–water partition coefficient (Wildman–Crippen LogP) is 7.28. The fraction of sp³-hybridized carbons (Fsp3) is 0.486. The number of hydrogen-bond acceptors (Lipinski definition) is 6. The normalized spacial score (nSPS) is 22.3. The first-order valence-electron chi connectivity index (χ1n) is 15.8. The molecular formula is C35H42BN3O5. The van der Waals surface area contributed by atoms with E-state index in [0.29, 0.717) is 19.1 Å². The molecule has 2 atom stereocenters. The van der Waals surface area contributed by atoms with Gasteiger partial charge in [0.05, 0.1) is 28.3 Å². The molecule has 2 fully saturated rings. The molecule has 3 aliphatic rings. The van der Waals surface area contributed by atoms with Crippen molar-refractivity contribution >= 4 is 40.5 Å². The maximum atomic E-state index is 13.2. The molecule has 1 N–H and O–H groups in total. The second-order valence-electron chi connectivity index (χ2n) is 14.6. The lowest BCUT2D eigenvalue weighted by Crippen LogP contribution is -2.41. The van der Waals surface area contributed by atoms with Crippen LogP contribution in [0.2, 0.25) is 0 Å². The zero-order valence-electron chi connectivity index (χ0n) is 27.0. The summed E-state index contributed by atoms with van der Waals surface area (Å²) in [6.07, 6.45) is 1.57. The van der Waals surface area contributed by atoms with Crippen molar-refractivity contribution in [2.24, 2.45) is 5.92 Å². The van der Waals surface area contributed by atoms with Crippen molar-refractivity contribution in [3.63, 3.8) is 0 Å². The van der Waals surface area contributed by atoms with Crippen LogP contribution in [0.3, 0.4) is 0 Å². The van der Waals surface area contributed by atoms with E-state index in [1.54, 1.807) is 0 Å². The number of ether oxygens (including phenoxy) is 2. The van der Waals surface area contributed by atoms with Crippen molar-refractivity contribution in [1.82, 2.24) is 14.9 Å². The number of aromatic amines is 1. The second-order valence-corrected chi connectivity index (χ2v) is 14.6. The molecule has 8 nitrogen and oxygen atoms in total. The highest BCUT2D eigenvalue weighted by Crippen LogP contribution is 2.43. The average molecular weight is 596 g/mol. The van der Waals surface area contributed by atoms with Crippen molar-refractivity contribution in [3.05, 3.63) is 53.9 Å². The lowest BCUT2D eigenvalue weighted by molar-refractivity contribution is 0.00578. The Labute approximate surface area is 259 Å².